The maximum Gasteiger partial charge on any atom is 0.250 e. The third kappa shape index (κ3) is 6.25. The van der Waals surface area contributed by atoms with Crippen LogP contribution in [0, 0.1) is 0 Å². The highest BCUT2D eigenvalue weighted by atomic mass is 32.2. The highest BCUT2D eigenvalue weighted by Gasteiger charge is 2.10. The number of amides is 1. The number of nitrogens with zero attached hydrogens (tertiary/aromatic N) is 3. The summed E-state index contributed by atoms with van der Waals surface area (Å²) in [5.41, 5.74) is 5.02. The highest BCUT2D eigenvalue weighted by Crippen LogP contribution is 2.32. The molecular formula is C25H22N4O2S3. The first-order valence-corrected chi connectivity index (χ1v) is 13.2. The van der Waals surface area contributed by atoms with Gasteiger partial charge in [-0.3, -0.25) is 4.79 Å². The lowest BCUT2D eigenvalue weighted by Crippen LogP contribution is -2.19. The average molecular weight is 507 g/mol. The number of fused-ring (bicyclic) bond motifs is 1. The van der Waals surface area contributed by atoms with Crippen molar-refractivity contribution >= 4 is 57.8 Å². The summed E-state index contributed by atoms with van der Waals surface area (Å²) in [5.74, 6) is 0.847. The van der Waals surface area contributed by atoms with Gasteiger partial charge in [0, 0.05) is 11.3 Å². The molecule has 0 radical (unpaired) electrons. The van der Waals surface area contributed by atoms with Gasteiger partial charge in [-0.2, -0.15) is 5.10 Å². The van der Waals surface area contributed by atoms with E-state index in [1.54, 1.807) is 23.9 Å². The minimum atomic E-state index is -0.261. The molecule has 0 fully saturated rings. The second-order valence-corrected chi connectivity index (χ2v) is 10.6. The first-order chi connectivity index (χ1) is 16.6. The van der Waals surface area contributed by atoms with Crippen LogP contribution in [0.15, 0.2) is 87.1 Å². The summed E-state index contributed by atoms with van der Waals surface area (Å²) in [5, 5.41) is 25.1. The van der Waals surface area contributed by atoms with Crippen LogP contribution >= 0.6 is 34.9 Å². The van der Waals surface area contributed by atoms with Crippen molar-refractivity contribution in [1.82, 2.24) is 15.6 Å². The summed E-state index contributed by atoms with van der Waals surface area (Å²) in [4.78, 5) is 12.1. The monoisotopic (exact) mass is 506 g/mol. The maximum absolute atomic E-state index is 12.1. The number of carbonyl (C=O) groups excluding carboxylic acids is 1. The van der Waals surface area contributed by atoms with Crippen molar-refractivity contribution in [1.29, 1.82) is 0 Å². The number of thioether (sulfide) groups is 2. The minimum absolute atomic E-state index is 0.136. The van der Waals surface area contributed by atoms with E-state index in [9.17, 15) is 9.90 Å². The Kier molecular flexibility index (Phi) is 8.35. The quantitative estimate of drug-likeness (QED) is 0.125. The van der Waals surface area contributed by atoms with Crippen molar-refractivity contribution in [2.24, 2.45) is 5.10 Å². The lowest BCUT2D eigenvalue weighted by molar-refractivity contribution is -0.118. The van der Waals surface area contributed by atoms with Gasteiger partial charge in [0.05, 0.1) is 12.0 Å². The van der Waals surface area contributed by atoms with E-state index in [-0.39, 0.29) is 17.4 Å². The largest absolute Gasteiger partial charge is 0.507 e. The third-order valence-corrected chi connectivity index (χ3v) is 8.09. The van der Waals surface area contributed by atoms with Gasteiger partial charge in [0.1, 0.15) is 5.75 Å². The van der Waals surface area contributed by atoms with Crippen molar-refractivity contribution in [3.63, 3.8) is 0 Å². The zero-order valence-corrected chi connectivity index (χ0v) is 20.6. The highest BCUT2D eigenvalue weighted by molar-refractivity contribution is 8.03. The first-order valence-electron chi connectivity index (χ1n) is 10.4. The predicted molar refractivity (Wildman–Crippen MR) is 142 cm³/mol. The molecule has 0 spiro atoms. The van der Waals surface area contributed by atoms with Crippen molar-refractivity contribution in [2.45, 2.75) is 20.9 Å². The molecule has 4 rings (SSSR count). The molecule has 9 heteroatoms. The lowest BCUT2D eigenvalue weighted by Gasteiger charge is -2.04. The van der Waals surface area contributed by atoms with Gasteiger partial charge in [-0.1, -0.05) is 95.5 Å². The smallest absolute Gasteiger partial charge is 0.250 e. The minimum Gasteiger partial charge on any atom is -0.507 e. The fraction of sp³-hybridized carbons (Fsp3) is 0.120. The number of allylic oxidation sites excluding steroid dienone is 1. The van der Waals surface area contributed by atoms with Gasteiger partial charge >= 0.3 is 0 Å². The summed E-state index contributed by atoms with van der Waals surface area (Å²) < 4.78 is 1.60. The summed E-state index contributed by atoms with van der Waals surface area (Å²) in [6, 6.07) is 20.0. The Morgan fingerprint density at radius 3 is 2.62 bits per heavy atom. The van der Waals surface area contributed by atoms with Gasteiger partial charge in [0.25, 0.3) is 5.91 Å². The van der Waals surface area contributed by atoms with E-state index in [1.165, 1.54) is 45.6 Å². The zero-order valence-electron chi connectivity index (χ0n) is 18.2. The van der Waals surface area contributed by atoms with E-state index in [0.29, 0.717) is 12.0 Å². The number of rotatable bonds is 10. The van der Waals surface area contributed by atoms with Gasteiger partial charge in [-0.25, -0.2) is 5.43 Å². The van der Waals surface area contributed by atoms with E-state index in [0.717, 1.165) is 20.0 Å². The Morgan fingerprint density at radius 1 is 1.03 bits per heavy atom. The van der Waals surface area contributed by atoms with Gasteiger partial charge < -0.3 is 5.11 Å². The number of hydrazone groups is 1. The van der Waals surface area contributed by atoms with E-state index in [4.69, 9.17) is 0 Å². The number of phenols is 1. The fourth-order valence-corrected chi connectivity index (χ4v) is 6.06. The van der Waals surface area contributed by atoms with E-state index in [1.807, 2.05) is 24.3 Å². The molecular weight excluding hydrogens is 485 g/mol. The molecule has 0 saturated heterocycles. The number of phenolic OH excluding ortho intramolecular Hbond substituents is 1. The Bertz CT molecular complexity index is 1330. The van der Waals surface area contributed by atoms with Crippen molar-refractivity contribution in [2.75, 3.05) is 5.75 Å². The molecule has 0 aliphatic rings. The van der Waals surface area contributed by atoms with Crippen molar-refractivity contribution in [3.8, 4) is 5.75 Å². The summed E-state index contributed by atoms with van der Waals surface area (Å²) in [6.07, 6.45) is 3.70. The van der Waals surface area contributed by atoms with E-state index in [2.05, 4.69) is 57.6 Å². The fourth-order valence-electron chi connectivity index (χ4n) is 3.24. The normalized spacial score (nSPS) is 11.2. The molecule has 34 heavy (non-hydrogen) atoms. The van der Waals surface area contributed by atoms with E-state index >= 15 is 0 Å². The Labute approximate surface area is 210 Å². The van der Waals surface area contributed by atoms with Crippen LogP contribution in [0.5, 0.6) is 5.75 Å². The van der Waals surface area contributed by atoms with Crippen molar-refractivity contribution in [3.05, 3.63) is 90.0 Å². The standard InChI is InChI=1S/C25H22N4O2S3/c1-2-7-18-10-6-11-19(23(18)31)14-26-27-22(30)16-33-25-29-28-24(34-25)32-15-20-12-5-9-17-8-3-4-13-21(17)20/h2-6,8-14,31H,1,7,15-16H2,(H,27,30)/b26-14+. The number of aromatic nitrogens is 2. The number of carbonyl (C=O) groups is 1. The molecule has 0 atom stereocenters. The third-order valence-electron chi connectivity index (χ3n) is 4.85. The van der Waals surface area contributed by atoms with E-state index < -0.39 is 0 Å². The van der Waals surface area contributed by atoms with Gasteiger partial charge in [0.2, 0.25) is 0 Å². The second kappa shape index (κ2) is 11.8. The molecule has 0 bridgehead atoms. The van der Waals surface area contributed by atoms with Crippen LogP contribution in [0.1, 0.15) is 16.7 Å². The molecule has 6 nitrogen and oxygen atoms in total. The zero-order chi connectivity index (χ0) is 23.8. The Morgan fingerprint density at radius 2 is 1.76 bits per heavy atom. The number of hydrogen-bond acceptors (Lipinski definition) is 8. The summed E-state index contributed by atoms with van der Waals surface area (Å²) in [6.45, 7) is 3.68. The molecule has 0 aliphatic carbocycles. The van der Waals surface area contributed by atoms with Crippen molar-refractivity contribution < 1.29 is 9.90 Å². The van der Waals surface area contributed by atoms with Crippen LogP contribution < -0.4 is 5.43 Å². The molecule has 0 saturated carbocycles. The molecule has 4 aromatic rings. The first kappa shape index (κ1) is 24.0. The van der Waals surface area contributed by atoms with Gasteiger partial charge in [0.15, 0.2) is 8.68 Å². The number of aromatic hydroxyl groups is 1. The van der Waals surface area contributed by atoms with Crippen LogP contribution in [0.2, 0.25) is 0 Å². The Hall–Kier alpha value is -3.14. The van der Waals surface area contributed by atoms with Crippen LogP contribution in [-0.2, 0) is 17.0 Å². The summed E-state index contributed by atoms with van der Waals surface area (Å²) in [7, 11) is 0. The molecule has 0 aliphatic heterocycles. The topological polar surface area (TPSA) is 87.5 Å². The predicted octanol–water partition coefficient (Wildman–Crippen LogP) is 5.66. The maximum atomic E-state index is 12.1. The molecule has 1 aromatic heterocycles. The molecule has 0 unspecified atom stereocenters. The second-order valence-electron chi connectivity index (χ2n) is 7.19. The molecule has 3 aromatic carbocycles. The Balaban J connectivity index is 1.26. The van der Waals surface area contributed by atoms with Crippen LogP contribution in [-0.4, -0.2) is 33.2 Å². The van der Waals surface area contributed by atoms with Crippen LogP contribution in [0.4, 0.5) is 0 Å². The van der Waals surface area contributed by atoms with Crippen LogP contribution in [0.25, 0.3) is 10.8 Å². The number of nitrogens with one attached hydrogen (secondary N) is 1. The van der Waals surface area contributed by atoms with Gasteiger partial charge in [-0.05, 0) is 34.4 Å². The lowest BCUT2D eigenvalue weighted by atomic mass is 10.1. The van der Waals surface area contributed by atoms with Gasteiger partial charge in [-0.15, -0.1) is 16.8 Å². The molecule has 1 amide bonds. The molecule has 172 valence electrons. The molecule has 1 heterocycles. The SMILES string of the molecule is C=CCc1cccc(/C=N/NC(=O)CSc2nnc(SCc3cccc4ccccc34)s2)c1O. The number of para-hydroxylation sites is 1. The average Bonchev–Trinajstić information content (AvgIpc) is 3.31. The molecule has 2 N–H and O–H groups in total. The van der Waals surface area contributed by atoms with Crippen LogP contribution in [0.3, 0.4) is 0 Å². The summed E-state index contributed by atoms with van der Waals surface area (Å²) >= 11 is 4.43. The number of benzene rings is 3. The number of hydrogen-bond donors (Lipinski definition) is 2.